The molecule has 0 saturated carbocycles. The van der Waals surface area contributed by atoms with E-state index >= 15 is 0 Å². The molecule has 2 rings (SSSR count). The summed E-state index contributed by atoms with van der Waals surface area (Å²) in [5.74, 6) is 0. The lowest BCUT2D eigenvalue weighted by molar-refractivity contribution is -0.0827. The largest absolute Gasteiger partial charge is 0.422 e. The van der Waals surface area contributed by atoms with E-state index in [1.54, 1.807) is 12.1 Å². The fourth-order valence-electron chi connectivity index (χ4n) is 1.83. The molecule has 0 radical (unpaired) electrons. The lowest BCUT2D eigenvalue weighted by atomic mass is 9.94. The maximum absolute atomic E-state index is 12.9. The van der Waals surface area contributed by atoms with Crippen LogP contribution in [0.15, 0.2) is 35.2 Å². The van der Waals surface area contributed by atoms with Crippen LogP contribution in [0.4, 0.5) is 13.2 Å². The topological polar surface area (TPSA) is 0 Å². The first kappa shape index (κ1) is 14.3. The van der Waals surface area contributed by atoms with Gasteiger partial charge in [-0.15, -0.1) is 0 Å². The van der Waals surface area contributed by atoms with E-state index in [1.165, 1.54) is 6.08 Å². The molecule has 1 aliphatic heterocycles. The van der Waals surface area contributed by atoms with Gasteiger partial charge in [-0.2, -0.15) is 13.2 Å². The number of fused-ring (bicyclic) bond motifs is 1. The summed E-state index contributed by atoms with van der Waals surface area (Å²) in [5, 5.41) is 0. The zero-order chi connectivity index (χ0) is 14.3. The molecule has 0 saturated heterocycles. The van der Waals surface area contributed by atoms with Crippen molar-refractivity contribution in [2.75, 3.05) is 0 Å². The summed E-state index contributed by atoms with van der Waals surface area (Å²) in [6.45, 7) is 5.94. The Balaban J connectivity index is 2.56. The Morgan fingerprint density at radius 1 is 1.05 bits per heavy atom. The summed E-state index contributed by atoms with van der Waals surface area (Å²) < 4.78 is 38.8. The van der Waals surface area contributed by atoms with Gasteiger partial charge in [0.25, 0.3) is 0 Å². The molecule has 1 aromatic carbocycles. The summed E-state index contributed by atoms with van der Waals surface area (Å²) in [6, 6.07) is 7.19. The number of hydrogen-bond donors (Lipinski definition) is 0. The summed E-state index contributed by atoms with van der Waals surface area (Å²) in [7, 11) is 0. The highest BCUT2D eigenvalue weighted by molar-refractivity contribution is 8.12. The van der Waals surface area contributed by atoms with Gasteiger partial charge in [0, 0.05) is 4.91 Å². The average molecular weight is 284 g/mol. The highest BCUT2D eigenvalue weighted by Gasteiger charge is 2.37. The van der Waals surface area contributed by atoms with Gasteiger partial charge in [-0.05, 0) is 22.6 Å². The lowest BCUT2D eigenvalue weighted by Crippen LogP contribution is -2.12. The molecule has 102 valence electrons. The molecular weight excluding hydrogens is 269 g/mol. The zero-order valence-corrected chi connectivity index (χ0v) is 11.8. The van der Waals surface area contributed by atoms with Crippen LogP contribution in [0.1, 0.15) is 31.9 Å². The van der Waals surface area contributed by atoms with Gasteiger partial charge in [0.1, 0.15) is 0 Å². The number of benzene rings is 1. The molecule has 1 aliphatic rings. The van der Waals surface area contributed by atoms with Gasteiger partial charge in [-0.3, -0.25) is 0 Å². The second kappa shape index (κ2) is 4.75. The minimum Gasteiger partial charge on any atom is -0.166 e. The van der Waals surface area contributed by atoms with Crippen molar-refractivity contribution in [2.45, 2.75) is 26.9 Å². The van der Waals surface area contributed by atoms with Crippen LogP contribution in [0, 0.1) is 5.41 Å². The molecule has 0 N–H and O–H groups in total. The molecule has 0 aliphatic carbocycles. The van der Waals surface area contributed by atoms with Crippen LogP contribution >= 0.6 is 11.8 Å². The quantitative estimate of drug-likeness (QED) is 0.587. The predicted octanol–water partition coefficient (Wildman–Crippen LogP) is 5.72. The molecule has 0 spiro atoms. The normalized spacial score (nSPS) is 18.2. The lowest BCUT2D eigenvalue weighted by Gasteiger charge is -2.23. The summed E-state index contributed by atoms with van der Waals surface area (Å²) >= 11 is 0.805. The van der Waals surface area contributed by atoms with Crippen molar-refractivity contribution in [3.05, 3.63) is 46.4 Å². The van der Waals surface area contributed by atoms with E-state index in [2.05, 4.69) is 0 Å². The molecule has 1 aromatic rings. The number of halogens is 3. The van der Waals surface area contributed by atoms with Crippen molar-refractivity contribution in [1.82, 2.24) is 0 Å². The van der Waals surface area contributed by atoms with Crippen LogP contribution in [0.5, 0.6) is 0 Å². The molecule has 0 fully saturated rings. The van der Waals surface area contributed by atoms with E-state index in [4.69, 9.17) is 0 Å². The Morgan fingerprint density at radius 3 is 2.26 bits per heavy atom. The fourth-order valence-corrected chi connectivity index (χ4v) is 3.08. The van der Waals surface area contributed by atoms with Gasteiger partial charge < -0.3 is 0 Å². The van der Waals surface area contributed by atoms with Crippen molar-refractivity contribution in [3.8, 4) is 0 Å². The van der Waals surface area contributed by atoms with Gasteiger partial charge in [0.05, 0.1) is 4.91 Å². The predicted molar refractivity (Wildman–Crippen MR) is 75.5 cm³/mol. The first-order valence-corrected chi connectivity index (χ1v) is 6.77. The van der Waals surface area contributed by atoms with Crippen molar-refractivity contribution < 1.29 is 13.2 Å². The van der Waals surface area contributed by atoms with Gasteiger partial charge in [0.15, 0.2) is 0 Å². The van der Waals surface area contributed by atoms with Crippen molar-refractivity contribution in [2.24, 2.45) is 5.41 Å². The molecule has 1 heterocycles. The van der Waals surface area contributed by atoms with Crippen LogP contribution in [0.2, 0.25) is 0 Å². The molecule has 0 aromatic heterocycles. The average Bonchev–Trinajstić information content (AvgIpc) is 2.25. The van der Waals surface area contributed by atoms with Crippen LogP contribution in [-0.4, -0.2) is 6.18 Å². The Kier molecular flexibility index (Phi) is 3.56. The molecular formula is C15H15F3S. The van der Waals surface area contributed by atoms with Crippen molar-refractivity contribution in [1.29, 1.82) is 0 Å². The Bertz CT molecular complexity index is 545. The summed E-state index contributed by atoms with van der Waals surface area (Å²) in [6.07, 6.45) is -1.18. The number of allylic oxidation sites excluding steroid dienone is 2. The SMILES string of the molecule is CC(C)(C)/C=C1\SC(C(F)(F)F)=Cc2ccccc21. The van der Waals surface area contributed by atoms with Crippen LogP contribution in [-0.2, 0) is 0 Å². The molecule has 0 unspecified atom stereocenters. The zero-order valence-electron chi connectivity index (χ0n) is 11.0. The van der Waals surface area contributed by atoms with Gasteiger partial charge >= 0.3 is 6.18 Å². The van der Waals surface area contributed by atoms with Crippen molar-refractivity contribution in [3.63, 3.8) is 0 Å². The molecule has 0 amide bonds. The number of hydrogen-bond acceptors (Lipinski definition) is 1. The molecule has 0 bridgehead atoms. The number of alkyl halides is 3. The van der Waals surface area contributed by atoms with E-state index in [9.17, 15) is 13.2 Å². The van der Waals surface area contributed by atoms with Crippen LogP contribution in [0.3, 0.4) is 0 Å². The van der Waals surface area contributed by atoms with E-state index in [0.717, 1.165) is 17.3 Å². The smallest absolute Gasteiger partial charge is 0.166 e. The Morgan fingerprint density at radius 2 is 1.68 bits per heavy atom. The van der Waals surface area contributed by atoms with Crippen LogP contribution in [0.25, 0.3) is 11.0 Å². The number of rotatable bonds is 0. The van der Waals surface area contributed by atoms with Crippen LogP contribution < -0.4 is 0 Å². The first-order valence-electron chi connectivity index (χ1n) is 5.96. The van der Waals surface area contributed by atoms with E-state index in [0.29, 0.717) is 10.5 Å². The highest BCUT2D eigenvalue weighted by atomic mass is 32.2. The van der Waals surface area contributed by atoms with E-state index < -0.39 is 11.1 Å². The highest BCUT2D eigenvalue weighted by Crippen LogP contribution is 2.48. The summed E-state index contributed by atoms with van der Waals surface area (Å²) in [4.78, 5) is 0.125. The fraction of sp³-hybridized carbons (Fsp3) is 0.333. The van der Waals surface area contributed by atoms with Gasteiger partial charge in [0.2, 0.25) is 0 Å². The first-order chi connectivity index (χ1) is 8.67. The standard InChI is InChI=1S/C15H15F3S/c1-14(2,3)9-12-11-7-5-4-6-10(11)8-13(19-12)15(16,17)18/h4-9H,1-3H3/b12-9-. The Hall–Kier alpha value is -1.16. The molecule has 19 heavy (non-hydrogen) atoms. The van der Waals surface area contributed by atoms with E-state index in [1.807, 2.05) is 39.0 Å². The third-order valence-electron chi connectivity index (χ3n) is 2.58. The number of thioether (sulfide) groups is 1. The second-order valence-corrected chi connectivity index (χ2v) is 6.65. The minimum absolute atomic E-state index is 0.163. The Labute approximate surface area is 115 Å². The molecule has 0 atom stereocenters. The minimum atomic E-state index is -4.30. The van der Waals surface area contributed by atoms with Gasteiger partial charge in [-0.25, -0.2) is 0 Å². The molecule has 0 nitrogen and oxygen atoms in total. The third-order valence-corrected chi connectivity index (χ3v) is 3.70. The maximum Gasteiger partial charge on any atom is 0.422 e. The monoisotopic (exact) mass is 284 g/mol. The summed E-state index contributed by atoms with van der Waals surface area (Å²) in [5.41, 5.74) is 1.34. The second-order valence-electron chi connectivity index (χ2n) is 5.57. The van der Waals surface area contributed by atoms with E-state index in [-0.39, 0.29) is 5.41 Å². The van der Waals surface area contributed by atoms with Gasteiger partial charge in [-0.1, -0.05) is 62.9 Å². The van der Waals surface area contributed by atoms with Crippen molar-refractivity contribution >= 4 is 22.7 Å². The third kappa shape index (κ3) is 3.44. The molecule has 4 heteroatoms. The maximum atomic E-state index is 12.9.